The molecule has 0 atom stereocenters. The number of halogens is 3. The van der Waals surface area contributed by atoms with Gasteiger partial charge in [-0.1, -0.05) is 18.7 Å². The zero-order valence-corrected chi connectivity index (χ0v) is 9.17. The highest BCUT2D eigenvalue weighted by atomic mass is 19.4. The smallest absolute Gasteiger partial charge is 0.416 e. The zero-order chi connectivity index (χ0) is 13.1. The van der Waals surface area contributed by atoms with Crippen molar-refractivity contribution >= 4 is 5.97 Å². The number of carbonyl (C=O) groups is 1. The van der Waals surface area contributed by atoms with E-state index in [0.29, 0.717) is 5.56 Å². The maximum atomic E-state index is 12.3. The van der Waals surface area contributed by atoms with Crippen LogP contribution in [-0.2, 0) is 22.1 Å². The fourth-order valence-electron chi connectivity index (χ4n) is 1.27. The molecule has 0 N–H and O–H groups in total. The molecule has 0 aliphatic rings. The second-order valence-corrected chi connectivity index (χ2v) is 3.47. The molecule has 5 heteroatoms. The van der Waals surface area contributed by atoms with E-state index in [1.807, 2.05) is 0 Å². The molecule has 92 valence electrons. The molecule has 0 unspecified atom stereocenters. The zero-order valence-electron chi connectivity index (χ0n) is 9.17. The van der Waals surface area contributed by atoms with Crippen LogP contribution in [0.4, 0.5) is 13.2 Å². The monoisotopic (exact) mass is 244 g/mol. The van der Waals surface area contributed by atoms with Crippen LogP contribution in [0.5, 0.6) is 0 Å². The van der Waals surface area contributed by atoms with Crippen molar-refractivity contribution in [3.8, 4) is 0 Å². The van der Waals surface area contributed by atoms with Crippen LogP contribution < -0.4 is 0 Å². The molecule has 0 saturated heterocycles. The summed E-state index contributed by atoms with van der Waals surface area (Å²) in [4.78, 5) is 11.0. The van der Waals surface area contributed by atoms with E-state index in [0.717, 1.165) is 12.1 Å². The summed E-state index contributed by atoms with van der Waals surface area (Å²) in [6.45, 7) is 3.50. The number of hydrogen-bond donors (Lipinski definition) is 0. The minimum Gasteiger partial charge on any atom is -0.466 e. The van der Waals surface area contributed by atoms with E-state index in [-0.39, 0.29) is 12.0 Å². The van der Waals surface area contributed by atoms with Gasteiger partial charge in [0.2, 0.25) is 0 Å². The van der Waals surface area contributed by atoms with Crippen molar-refractivity contribution in [3.63, 3.8) is 0 Å². The Balaban J connectivity index is 2.76. The largest absolute Gasteiger partial charge is 0.466 e. The molecular weight excluding hydrogens is 233 g/mol. The summed E-state index contributed by atoms with van der Waals surface area (Å²) in [5, 5.41) is 0. The number of carbonyl (C=O) groups excluding carboxylic acids is 1. The van der Waals surface area contributed by atoms with Gasteiger partial charge in [-0.3, -0.25) is 0 Å². The highest BCUT2D eigenvalue weighted by molar-refractivity contribution is 5.88. The number of hydrogen-bond acceptors (Lipinski definition) is 2. The highest BCUT2D eigenvalue weighted by Crippen LogP contribution is 2.29. The molecule has 2 nitrogen and oxygen atoms in total. The second-order valence-electron chi connectivity index (χ2n) is 3.47. The molecule has 0 fully saturated rings. The van der Waals surface area contributed by atoms with Crippen molar-refractivity contribution in [2.75, 3.05) is 7.11 Å². The molecule has 0 aromatic heterocycles. The van der Waals surface area contributed by atoms with Crippen molar-refractivity contribution in [1.82, 2.24) is 0 Å². The number of benzene rings is 1. The van der Waals surface area contributed by atoms with E-state index in [2.05, 4.69) is 11.3 Å². The maximum Gasteiger partial charge on any atom is 0.416 e. The lowest BCUT2D eigenvalue weighted by Crippen LogP contribution is -2.07. The molecule has 1 rings (SSSR count). The third-order valence-electron chi connectivity index (χ3n) is 2.17. The summed E-state index contributed by atoms with van der Waals surface area (Å²) >= 11 is 0. The molecule has 0 aliphatic carbocycles. The van der Waals surface area contributed by atoms with Gasteiger partial charge in [-0.15, -0.1) is 0 Å². The molecule has 1 aromatic carbocycles. The third-order valence-corrected chi connectivity index (χ3v) is 2.17. The van der Waals surface area contributed by atoms with Crippen LogP contribution in [0.3, 0.4) is 0 Å². The molecule has 0 bridgehead atoms. The minimum atomic E-state index is -4.35. The first-order valence-corrected chi connectivity index (χ1v) is 4.77. The van der Waals surface area contributed by atoms with Gasteiger partial charge in [-0.2, -0.15) is 13.2 Å². The van der Waals surface area contributed by atoms with Gasteiger partial charge in [0.05, 0.1) is 12.7 Å². The lowest BCUT2D eigenvalue weighted by atomic mass is 10.0. The average Bonchev–Trinajstić information content (AvgIpc) is 2.27. The Labute approximate surface area is 96.7 Å². The van der Waals surface area contributed by atoms with Gasteiger partial charge < -0.3 is 4.74 Å². The van der Waals surface area contributed by atoms with Crippen LogP contribution in [0, 0.1) is 0 Å². The maximum absolute atomic E-state index is 12.3. The lowest BCUT2D eigenvalue weighted by molar-refractivity contribution is -0.138. The number of ether oxygens (including phenoxy) is 1. The van der Waals surface area contributed by atoms with Crippen molar-refractivity contribution < 1.29 is 22.7 Å². The predicted octanol–water partition coefficient (Wildman–Crippen LogP) is 2.98. The Hall–Kier alpha value is -1.78. The van der Waals surface area contributed by atoms with E-state index >= 15 is 0 Å². The molecule has 0 aliphatic heterocycles. The quantitative estimate of drug-likeness (QED) is 0.603. The predicted molar refractivity (Wildman–Crippen MR) is 56.3 cm³/mol. The number of rotatable bonds is 3. The summed E-state index contributed by atoms with van der Waals surface area (Å²) in [5.74, 6) is -0.565. The second kappa shape index (κ2) is 5.03. The summed E-state index contributed by atoms with van der Waals surface area (Å²) in [5.41, 5.74) is 0.0607. The topological polar surface area (TPSA) is 26.3 Å². The molecule has 0 spiro atoms. The third kappa shape index (κ3) is 3.62. The molecule has 0 radical (unpaired) electrons. The van der Waals surface area contributed by atoms with Crippen LogP contribution in [0.25, 0.3) is 0 Å². The standard InChI is InChI=1S/C12H11F3O2/c1-8(11(16)17-2)7-9-3-5-10(6-4-9)12(13,14)15/h3-6H,1,7H2,2H3. The van der Waals surface area contributed by atoms with Gasteiger partial charge in [0.25, 0.3) is 0 Å². The fraction of sp³-hybridized carbons (Fsp3) is 0.250. The van der Waals surface area contributed by atoms with E-state index in [4.69, 9.17) is 0 Å². The molecule has 0 saturated carbocycles. The summed E-state index contributed by atoms with van der Waals surface area (Å²) in [6, 6.07) is 4.58. The van der Waals surface area contributed by atoms with Crippen molar-refractivity contribution in [3.05, 3.63) is 47.5 Å². The van der Waals surface area contributed by atoms with Crippen molar-refractivity contribution in [2.24, 2.45) is 0 Å². The number of methoxy groups -OCH3 is 1. The first-order valence-electron chi connectivity index (χ1n) is 4.77. The van der Waals surface area contributed by atoms with Crippen LogP contribution in [0.2, 0.25) is 0 Å². The Morgan fingerprint density at radius 2 is 1.82 bits per heavy atom. The van der Waals surface area contributed by atoms with E-state index in [1.54, 1.807) is 0 Å². The first kappa shape index (κ1) is 13.3. The van der Waals surface area contributed by atoms with Crippen LogP contribution in [0.1, 0.15) is 11.1 Å². The normalized spacial score (nSPS) is 11.1. The van der Waals surface area contributed by atoms with Gasteiger partial charge >= 0.3 is 12.1 Å². The van der Waals surface area contributed by atoms with Gasteiger partial charge in [-0.25, -0.2) is 4.79 Å². The van der Waals surface area contributed by atoms with Crippen molar-refractivity contribution in [1.29, 1.82) is 0 Å². The average molecular weight is 244 g/mol. The highest BCUT2D eigenvalue weighted by Gasteiger charge is 2.29. The van der Waals surface area contributed by atoms with Gasteiger partial charge in [0.1, 0.15) is 0 Å². The van der Waals surface area contributed by atoms with E-state index < -0.39 is 17.7 Å². The van der Waals surface area contributed by atoms with Crippen molar-refractivity contribution in [2.45, 2.75) is 12.6 Å². The molecular formula is C12H11F3O2. The summed E-state index contributed by atoms with van der Waals surface area (Å²) in [7, 11) is 1.22. The lowest BCUT2D eigenvalue weighted by Gasteiger charge is -2.08. The summed E-state index contributed by atoms with van der Waals surface area (Å²) in [6.07, 6.45) is -4.18. The van der Waals surface area contributed by atoms with E-state index in [9.17, 15) is 18.0 Å². The van der Waals surface area contributed by atoms with Crippen LogP contribution in [0.15, 0.2) is 36.4 Å². The minimum absolute atomic E-state index is 0.171. The molecule has 0 amide bonds. The van der Waals surface area contributed by atoms with Gasteiger partial charge in [0, 0.05) is 12.0 Å². The SMILES string of the molecule is C=C(Cc1ccc(C(F)(F)F)cc1)C(=O)OC. The van der Waals surface area contributed by atoms with Crippen LogP contribution in [-0.4, -0.2) is 13.1 Å². The van der Waals surface area contributed by atoms with Gasteiger partial charge in [-0.05, 0) is 17.7 Å². The number of alkyl halides is 3. The number of esters is 1. The summed E-state index contributed by atoms with van der Waals surface area (Å²) < 4.78 is 41.3. The van der Waals surface area contributed by atoms with Crippen LogP contribution >= 0.6 is 0 Å². The Morgan fingerprint density at radius 1 is 1.29 bits per heavy atom. The van der Waals surface area contributed by atoms with Gasteiger partial charge in [0.15, 0.2) is 0 Å². The molecule has 0 heterocycles. The Morgan fingerprint density at radius 3 is 2.24 bits per heavy atom. The van der Waals surface area contributed by atoms with E-state index in [1.165, 1.54) is 19.2 Å². The first-order chi connectivity index (χ1) is 7.84. The Bertz CT molecular complexity index is 418. The fourth-order valence-corrected chi connectivity index (χ4v) is 1.27. The molecule has 17 heavy (non-hydrogen) atoms. The Kier molecular flexibility index (Phi) is 3.93. The molecule has 1 aromatic rings.